The normalized spacial score (nSPS) is 32.8. The minimum atomic E-state index is -0.280. The molecule has 0 radical (unpaired) electrons. The molecule has 2 aliphatic heterocycles. The molecule has 2 saturated heterocycles. The van der Waals surface area contributed by atoms with E-state index in [2.05, 4.69) is 17.3 Å². The number of likely N-dealkylation sites (tertiary alicyclic amines) is 2. The molecule has 2 atom stereocenters. The third kappa shape index (κ3) is 2.61. The highest BCUT2D eigenvalue weighted by atomic mass is 16.2. The van der Waals surface area contributed by atoms with Crippen molar-refractivity contribution in [2.24, 2.45) is 0 Å². The molecular formula is C15H25N3O2. The number of rotatable bonds is 4. The molecule has 0 aromatic heterocycles. The van der Waals surface area contributed by atoms with Gasteiger partial charge in [0.2, 0.25) is 11.8 Å². The summed E-state index contributed by atoms with van der Waals surface area (Å²) in [7, 11) is 2.13. The maximum Gasteiger partial charge on any atom is 0.247 e. The Hall–Kier alpha value is -0.940. The largest absolute Gasteiger partial charge is 0.304 e. The van der Waals surface area contributed by atoms with Gasteiger partial charge in [-0.3, -0.25) is 14.5 Å². The Morgan fingerprint density at radius 1 is 1.15 bits per heavy atom. The number of hydrogen-bond donors (Lipinski definition) is 1. The molecule has 2 unspecified atom stereocenters. The first-order valence-electron chi connectivity index (χ1n) is 7.96. The van der Waals surface area contributed by atoms with Crippen molar-refractivity contribution in [3.8, 4) is 0 Å². The van der Waals surface area contributed by atoms with Gasteiger partial charge in [0.1, 0.15) is 0 Å². The third-order valence-corrected chi connectivity index (χ3v) is 5.14. The number of nitrogens with zero attached hydrogens (tertiary/aromatic N) is 2. The van der Waals surface area contributed by atoms with Gasteiger partial charge in [0.25, 0.3) is 0 Å². The number of hydrogen-bond acceptors (Lipinski definition) is 4. The van der Waals surface area contributed by atoms with Crippen LogP contribution in [-0.4, -0.2) is 59.9 Å². The second-order valence-electron chi connectivity index (χ2n) is 6.48. The molecule has 3 rings (SSSR count). The number of nitrogens with one attached hydrogen (secondary N) is 1. The van der Waals surface area contributed by atoms with E-state index in [0.29, 0.717) is 12.5 Å². The van der Waals surface area contributed by atoms with Crippen molar-refractivity contribution in [3.05, 3.63) is 0 Å². The zero-order chi connectivity index (χ0) is 14.1. The fourth-order valence-electron chi connectivity index (χ4n) is 3.87. The minimum absolute atomic E-state index is 0.0163. The Morgan fingerprint density at radius 2 is 1.90 bits per heavy atom. The van der Waals surface area contributed by atoms with Crippen LogP contribution in [-0.2, 0) is 9.59 Å². The summed E-state index contributed by atoms with van der Waals surface area (Å²) in [5.74, 6) is 0.0433. The maximum atomic E-state index is 12.4. The fourth-order valence-corrected chi connectivity index (χ4v) is 3.87. The molecule has 2 heterocycles. The molecule has 3 aliphatic rings. The Bertz CT molecular complexity index is 393. The van der Waals surface area contributed by atoms with Crippen LogP contribution in [0.2, 0.25) is 0 Å². The van der Waals surface area contributed by atoms with Crippen molar-refractivity contribution in [1.82, 2.24) is 15.1 Å². The van der Waals surface area contributed by atoms with Crippen molar-refractivity contribution in [2.45, 2.75) is 63.1 Å². The monoisotopic (exact) mass is 279 g/mol. The predicted octanol–water partition coefficient (Wildman–Crippen LogP) is 0.740. The molecule has 1 saturated carbocycles. The molecule has 112 valence electrons. The zero-order valence-electron chi connectivity index (χ0n) is 12.3. The van der Waals surface area contributed by atoms with E-state index in [-0.39, 0.29) is 23.9 Å². The van der Waals surface area contributed by atoms with Crippen LogP contribution in [0.15, 0.2) is 0 Å². The molecule has 0 spiro atoms. The molecule has 0 aromatic carbocycles. The van der Waals surface area contributed by atoms with Crippen LogP contribution in [0.5, 0.6) is 0 Å². The number of likely N-dealkylation sites (N-methyl/N-ethyl adjacent to an activating group) is 1. The first-order valence-corrected chi connectivity index (χ1v) is 7.96. The maximum absolute atomic E-state index is 12.4. The molecule has 5 nitrogen and oxygen atoms in total. The number of carbonyl (C=O) groups excluding carboxylic acids is 2. The smallest absolute Gasteiger partial charge is 0.247 e. The van der Waals surface area contributed by atoms with Crippen LogP contribution in [0.3, 0.4) is 0 Å². The summed E-state index contributed by atoms with van der Waals surface area (Å²) in [4.78, 5) is 28.4. The molecule has 0 bridgehead atoms. The van der Waals surface area contributed by atoms with Gasteiger partial charge in [0, 0.05) is 18.6 Å². The SMILES string of the molecule is CN1CCCC1CNC1CC(=O)N(C2CCCC2)C1=O. The summed E-state index contributed by atoms with van der Waals surface area (Å²) in [6.07, 6.45) is 7.05. The quantitative estimate of drug-likeness (QED) is 0.771. The summed E-state index contributed by atoms with van der Waals surface area (Å²) in [6.45, 7) is 1.96. The van der Waals surface area contributed by atoms with Gasteiger partial charge in [-0.05, 0) is 39.3 Å². The lowest BCUT2D eigenvalue weighted by molar-refractivity contribution is -0.141. The van der Waals surface area contributed by atoms with Crippen molar-refractivity contribution >= 4 is 11.8 Å². The number of imide groups is 1. The first kappa shape index (κ1) is 14.0. The zero-order valence-corrected chi connectivity index (χ0v) is 12.3. The van der Waals surface area contributed by atoms with E-state index in [4.69, 9.17) is 0 Å². The number of amides is 2. The van der Waals surface area contributed by atoms with Crippen molar-refractivity contribution in [2.75, 3.05) is 20.1 Å². The second kappa shape index (κ2) is 5.82. The van der Waals surface area contributed by atoms with Crippen LogP contribution in [0, 0.1) is 0 Å². The average molecular weight is 279 g/mol. The highest BCUT2D eigenvalue weighted by Crippen LogP contribution is 2.28. The molecule has 3 fully saturated rings. The average Bonchev–Trinajstić information content (AvgIpc) is 3.10. The highest BCUT2D eigenvalue weighted by Gasteiger charge is 2.43. The lowest BCUT2D eigenvalue weighted by Gasteiger charge is -2.24. The molecule has 20 heavy (non-hydrogen) atoms. The Morgan fingerprint density at radius 3 is 2.55 bits per heavy atom. The van der Waals surface area contributed by atoms with Crippen molar-refractivity contribution < 1.29 is 9.59 Å². The van der Waals surface area contributed by atoms with Gasteiger partial charge in [-0.15, -0.1) is 0 Å². The van der Waals surface area contributed by atoms with E-state index in [1.54, 1.807) is 4.90 Å². The third-order valence-electron chi connectivity index (χ3n) is 5.14. The summed E-state index contributed by atoms with van der Waals surface area (Å²) in [5, 5.41) is 3.33. The summed E-state index contributed by atoms with van der Waals surface area (Å²) in [6, 6.07) is 0.409. The standard InChI is InChI=1S/C15H25N3O2/c1-17-8-4-7-12(17)10-16-13-9-14(19)18(15(13)20)11-5-2-3-6-11/h11-13,16H,2-10H2,1H3. The van der Waals surface area contributed by atoms with Crippen LogP contribution in [0.1, 0.15) is 44.9 Å². The van der Waals surface area contributed by atoms with E-state index < -0.39 is 0 Å². The summed E-state index contributed by atoms with van der Waals surface area (Å²) < 4.78 is 0. The van der Waals surface area contributed by atoms with Crippen LogP contribution >= 0.6 is 0 Å². The number of carbonyl (C=O) groups is 2. The molecule has 5 heteroatoms. The van der Waals surface area contributed by atoms with E-state index >= 15 is 0 Å². The summed E-state index contributed by atoms with van der Waals surface area (Å²) >= 11 is 0. The molecule has 1 N–H and O–H groups in total. The first-order chi connectivity index (χ1) is 9.66. The Kier molecular flexibility index (Phi) is 4.08. The van der Waals surface area contributed by atoms with E-state index in [0.717, 1.165) is 38.8 Å². The molecule has 2 amide bonds. The minimum Gasteiger partial charge on any atom is -0.304 e. The van der Waals surface area contributed by atoms with Gasteiger partial charge >= 0.3 is 0 Å². The Balaban J connectivity index is 1.55. The van der Waals surface area contributed by atoms with Crippen LogP contribution in [0.25, 0.3) is 0 Å². The highest BCUT2D eigenvalue weighted by molar-refractivity contribution is 6.05. The predicted molar refractivity (Wildman–Crippen MR) is 76.2 cm³/mol. The molecule has 0 aromatic rings. The van der Waals surface area contributed by atoms with Gasteiger partial charge in [-0.2, -0.15) is 0 Å². The Labute approximate surface area is 120 Å². The fraction of sp³-hybridized carbons (Fsp3) is 0.867. The van der Waals surface area contributed by atoms with E-state index in [9.17, 15) is 9.59 Å². The van der Waals surface area contributed by atoms with Crippen molar-refractivity contribution in [3.63, 3.8) is 0 Å². The van der Waals surface area contributed by atoms with Gasteiger partial charge < -0.3 is 10.2 Å². The van der Waals surface area contributed by atoms with Gasteiger partial charge in [0.05, 0.1) is 12.5 Å². The van der Waals surface area contributed by atoms with E-state index in [1.807, 2.05) is 0 Å². The lowest BCUT2D eigenvalue weighted by atomic mass is 10.2. The van der Waals surface area contributed by atoms with Gasteiger partial charge in [0.15, 0.2) is 0 Å². The summed E-state index contributed by atoms with van der Waals surface area (Å²) in [5.41, 5.74) is 0. The second-order valence-corrected chi connectivity index (χ2v) is 6.48. The molecule has 1 aliphatic carbocycles. The lowest BCUT2D eigenvalue weighted by Crippen LogP contribution is -2.46. The van der Waals surface area contributed by atoms with E-state index in [1.165, 1.54) is 12.8 Å². The van der Waals surface area contributed by atoms with Crippen LogP contribution in [0.4, 0.5) is 0 Å². The van der Waals surface area contributed by atoms with Crippen molar-refractivity contribution in [1.29, 1.82) is 0 Å². The topological polar surface area (TPSA) is 52.7 Å². The van der Waals surface area contributed by atoms with Gasteiger partial charge in [-0.1, -0.05) is 12.8 Å². The molecular weight excluding hydrogens is 254 g/mol. The van der Waals surface area contributed by atoms with Gasteiger partial charge in [-0.25, -0.2) is 0 Å². The van der Waals surface area contributed by atoms with Crippen LogP contribution < -0.4 is 5.32 Å².